The van der Waals surface area contributed by atoms with E-state index >= 15 is 0 Å². The third-order valence-corrected chi connectivity index (χ3v) is 2.13. The van der Waals surface area contributed by atoms with Gasteiger partial charge in [0.2, 0.25) is 0 Å². The SMILES string of the molecule is CNc1cc(Cl)ncc1OC1CC1. The van der Waals surface area contributed by atoms with Crippen molar-refractivity contribution < 1.29 is 4.74 Å². The molecule has 4 heteroatoms. The van der Waals surface area contributed by atoms with Gasteiger partial charge in [-0.05, 0) is 12.8 Å². The highest BCUT2D eigenvalue weighted by Crippen LogP contribution is 2.32. The van der Waals surface area contributed by atoms with Crippen LogP contribution < -0.4 is 10.1 Å². The second-order valence-corrected chi connectivity index (χ2v) is 3.46. The van der Waals surface area contributed by atoms with Gasteiger partial charge in [-0.1, -0.05) is 11.6 Å². The number of nitrogens with zero attached hydrogens (tertiary/aromatic N) is 1. The molecule has 0 amide bonds. The van der Waals surface area contributed by atoms with E-state index in [1.54, 1.807) is 12.3 Å². The standard InChI is InChI=1S/C9H11ClN2O/c1-11-7-4-9(10)12-5-8(7)13-6-2-3-6/h4-6H,2-3H2,1H3,(H,11,12). The fraction of sp³-hybridized carbons (Fsp3) is 0.444. The van der Waals surface area contributed by atoms with Gasteiger partial charge in [0.25, 0.3) is 0 Å². The Bertz CT molecular complexity index is 312. The zero-order valence-electron chi connectivity index (χ0n) is 7.38. The van der Waals surface area contributed by atoms with E-state index in [9.17, 15) is 0 Å². The summed E-state index contributed by atoms with van der Waals surface area (Å²) in [6, 6.07) is 1.76. The molecule has 1 aliphatic carbocycles. The fourth-order valence-corrected chi connectivity index (χ4v) is 1.23. The van der Waals surface area contributed by atoms with Gasteiger partial charge >= 0.3 is 0 Å². The Morgan fingerprint density at radius 2 is 2.38 bits per heavy atom. The maximum Gasteiger partial charge on any atom is 0.161 e. The summed E-state index contributed by atoms with van der Waals surface area (Å²) >= 11 is 5.74. The van der Waals surface area contributed by atoms with Crippen LogP contribution in [0.5, 0.6) is 5.75 Å². The molecule has 2 rings (SSSR count). The van der Waals surface area contributed by atoms with E-state index in [1.807, 2.05) is 7.05 Å². The molecule has 1 fully saturated rings. The number of rotatable bonds is 3. The molecule has 70 valence electrons. The Morgan fingerprint density at radius 3 is 3.00 bits per heavy atom. The number of halogens is 1. The zero-order chi connectivity index (χ0) is 9.26. The van der Waals surface area contributed by atoms with Gasteiger partial charge in [-0.2, -0.15) is 0 Å². The number of ether oxygens (including phenoxy) is 1. The van der Waals surface area contributed by atoms with E-state index in [-0.39, 0.29) is 0 Å². The van der Waals surface area contributed by atoms with Gasteiger partial charge in [0.15, 0.2) is 5.75 Å². The molecule has 13 heavy (non-hydrogen) atoms. The molecular weight excluding hydrogens is 188 g/mol. The first-order valence-corrected chi connectivity index (χ1v) is 4.67. The first-order valence-electron chi connectivity index (χ1n) is 4.29. The van der Waals surface area contributed by atoms with Crippen LogP contribution in [0.1, 0.15) is 12.8 Å². The van der Waals surface area contributed by atoms with Crippen LogP contribution in [-0.2, 0) is 0 Å². The highest BCUT2D eigenvalue weighted by Gasteiger charge is 2.24. The van der Waals surface area contributed by atoms with Crippen molar-refractivity contribution in [2.75, 3.05) is 12.4 Å². The number of aromatic nitrogens is 1. The molecule has 1 aromatic heterocycles. The van der Waals surface area contributed by atoms with E-state index in [0.29, 0.717) is 11.3 Å². The van der Waals surface area contributed by atoms with Crippen molar-refractivity contribution >= 4 is 17.3 Å². The highest BCUT2D eigenvalue weighted by atomic mass is 35.5. The highest BCUT2D eigenvalue weighted by molar-refractivity contribution is 6.29. The normalized spacial score (nSPS) is 15.5. The smallest absolute Gasteiger partial charge is 0.161 e. The van der Waals surface area contributed by atoms with E-state index in [1.165, 1.54) is 0 Å². The van der Waals surface area contributed by atoms with Crippen LogP contribution in [0, 0.1) is 0 Å². The minimum atomic E-state index is 0.384. The van der Waals surface area contributed by atoms with E-state index in [0.717, 1.165) is 24.3 Å². The van der Waals surface area contributed by atoms with Gasteiger partial charge in [0.05, 0.1) is 18.0 Å². The average Bonchev–Trinajstić information content (AvgIpc) is 2.92. The Balaban J connectivity index is 2.21. The monoisotopic (exact) mass is 198 g/mol. The van der Waals surface area contributed by atoms with E-state index < -0.39 is 0 Å². The van der Waals surface area contributed by atoms with Gasteiger partial charge in [0, 0.05) is 13.1 Å². The maximum absolute atomic E-state index is 5.74. The van der Waals surface area contributed by atoms with Crippen molar-refractivity contribution in [2.24, 2.45) is 0 Å². The summed E-state index contributed by atoms with van der Waals surface area (Å²) in [6.45, 7) is 0. The van der Waals surface area contributed by atoms with Crippen molar-refractivity contribution in [3.63, 3.8) is 0 Å². The van der Waals surface area contributed by atoms with Crippen molar-refractivity contribution in [2.45, 2.75) is 18.9 Å². The second-order valence-electron chi connectivity index (χ2n) is 3.07. The molecule has 1 aliphatic rings. The molecule has 1 aromatic rings. The first kappa shape index (κ1) is 8.63. The lowest BCUT2D eigenvalue weighted by Gasteiger charge is -2.09. The number of hydrogen-bond donors (Lipinski definition) is 1. The molecule has 0 atom stereocenters. The molecule has 0 saturated heterocycles. The lowest BCUT2D eigenvalue weighted by molar-refractivity contribution is 0.303. The molecule has 0 radical (unpaired) electrons. The Kier molecular flexibility index (Phi) is 2.27. The molecule has 3 nitrogen and oxygen atoms in total. The van der Waals surface area contributed by atoms with Crippen LogP contribution in [0.3, 0.4) is 0 Å². The van der Waals surface area contributed by atoms with Gasteiger partial charge in [-0.25, -0.2) is 4.98 Å². The van der Waals surface area contributed by atoms with E-state index in [2.05, 4.69) is 10.3 Å². The van der Waals surface area contributed by atoms with Crippen molar-refractivity contribution in [1.29, 1.82) is 0 Å². The van der Waals surface area contributed by atoms with Crippen LogP contribution in [0.25, 0.3) is 0 Å². The topological polar surface area (TPSA) is 34.2 Å². The largest absolute Gasteiger partial charge is 0.487 e. The van der Waals surface area contributed by atoms with Crippen LogP contribution in [0.4, 0.5) is 5.69 Å². The summed E-state index contributed by atoms with van der Waals surface area (Å²) in [7, 11) is 1.84. The van der Waals surface area contributed by atoms with Crippen LogP contribution in [0.15, 0.2) is 12.3 Å². The van der Waals surface area contributed by atoms with Crippen LogP contribution >= 0.6 is 11.6 Å². The van der Waals surface area contributed by atoms with Gasteiger partial charge in [-0.15, -0.1) is 0 Å². The fourth-order valence-electron chi connectivity index (χ4n) is 1.07. The lowest BCUT2D eigenvalue weighted by Crippen LogP contribution is -2.00. The predicted molar refractivity (Wildman–Crippen MR) is 52.4 cm³/mol. The van der Waals surface area contributed by atoms with Crippen molar-refractivity contribution in [3.05, 3.63) is 17.4 Å². The van der Waals surface area contributed by atoms with Gasteiger partial charge in [-0.3, -0.25) is 0 Å². The summed E-state index contributed by atoms with van der Waals surface area (Å²) < 4.78 is 5.62. The molecule has 0 unspecified atom stereocenters. The molecule has 1 heterocycles. The molecule has 0 spiro atoms. The molecule has 0 aliphatic heterocycles. The number of pyridine rings is 1. The van der Waals surface area contributed by atoms with Crippen LogP contribution in [-0.4, -0.2) is 18.1 Å². The number of nitrogens with one attached hydrogen (secondary N) is 1. The van der Waals surface area contributed by atoms with Gasteiger partial charge < -0.3 is 10.1 Å². The summed E-state index contributed by atoms with van der Waals surface area (Å²) in [6.07, 6.45) is 4.33. The van der Waals surface area contributed by atoms with E-state index in [4.69, 9.17) is 16.3 Å². The predicted octanol–water partition coefficient (Wildman–Crippen LogP) is 2.32. The number of anilines is 1. The van der Waals surface area contributed by atoms with Crippen molar-refractivity contribution in [1.82, 2.24) is 4.98 Å². The lowest BCUT2D eigenvalue weighted by atomic mass is 10.4. The quantitative estimate of drug-likeness (QED) is 0.757. The zero-order valence-corrected chi connectivity index (χ0v) is 8.14. The Labute approximate surface area is 82.1 Å². The first-order chi connectivity index (χ1) is 6.29. The average molecular weight is 199 g/mol. The maximum atomic E-state index is 5.74. The minimum Gasteiger partial charge on any atom is -0.487 e. The molecular formula is C9H11ClN2O. The summed E-state index contributed by atoms with van der Waals surface area (Å²) in [5.41, 5.74) is 0.895. The second kappa shape index (κ2) is 3.42. The Hall–Kier alpha value is -0.960. The van der Waals surface area contributed by atoms with Crippen LogP contribution in [0.2, 0.25) is 5.15 Å². The third-order valence-electron chi connectivity index (χ3n) is 1.92. The Morgan fingerprint density at radius 1 is 1.62 bits per heavy atom. The molecule has 1 saturated carbocycles. The summed E-state index contributed by atoms with van der Waals surface area (Å²) in [5.74, 6) is 0.786. The molecule has 0 aromatic carbocycles. The van der Waals surface area contributed by atoms with Gasteiger partial charge in [0.1, 0.15) is 5.15 Å². The third kappa shape index (κ3) is 2.04. The minimum absolute atomic E-state index is 0.384. The summed E-state index contributed by atoms with van der Waals surface area (Å²) in [5, 5.41) is 3.50. The number of hydrogen-bond acceptors (Lipinski definition) is 3. The molecule has 0 bridgehead atoms. The summed E-state index contributed by atoms with van der Waals surface area (Å²) in [4.78, 5) is 3.97. The van der Waals surface area contributed by atoms with Crippen molar-refractivity contribution in [3.8, 4) is 5.75 Å². The molecule has 1 N–H and O–H groups in total.